The predicted molar refractivity (Wildman–Crippen MR) is 30.3 cm³/mol. The fourth-order valence-corrected chi connectivity index (χ4v) is 2.37. The summed E-state index contributed by atoms with van der Waals surface area (Å²) in [6.07, 6.45) is 1.38. The van der Waals surface area contributed by atoms with Crippen LogP contribution in [0.15, 0.2) is 0 Å². The Hall–Kier alpha value is 0.520. The van der Waals surface area contributed by atoms with Gasteiger partial charge in [0.2, 0.25) is 0 Å². The summed E-state index contributed by atoms with van der Waals surface area (Å²) >= 11 is 1.94. The quantitative estimate of drug-likeness (QED) is 0.419. The smallest absolute Gasteiger partial charge is 0.00536 e. The molecule has 0 amide bonds. The molecular formula is C3H5PS. The van der Waals surface area contributed by atoms with E-state index in [0.29, 0.717) is 0 Å². The maximum Gasteiger partial charge on any atom is 0.00536 e. The third-order valence-electron chi connectivity index (χ3n) is 0.487. The van der Waals surface area contributed by atoms with Crippen LogP contribution in [-0.2, 0) is 0 Å². The van der Waals surface area contributed by atoms with Crippen LogP contribution in [-0.4, -0.2) is 17.0 Å². The van der Waals surface area contributed by atoms with Crippen molar-refractivity contribution in [3.05, 3.63) is 0 Å². The molecule has 1 rings (SSSR count). The summed E-state index contributed by atoms with van der Waals surface area (Å²) in [6, 6.07) is 0. The first-order valence-corrected chi connectivity index (χ1v) is 3.80. The summed E-state index contributed by atoms with van der Waals surface area (Å²) in [5.74, 6) is 1.35. The highest BCUT2D eigenvalue weighted by Gasteiger charge is 1.86. The summed E-state index contributed by atoms with van der Waals surface area (Å²) < 4.78 is 0. The van der Waals surface area contributed by atoms with Gasteiger partial charge in [-0.3, -0.25) is 0 Å². The zero-order chi connectivity index (χ0) is 3.54. The van der Waals surface area contributed by atoms with Crippen molar-refractivity contribution in [2.75, 3.05) is 11.9 Å². The molecule has 0 nitrogen and oxygen atoms in total. The predicted octanol–water partition coefficient (Wildman–Crippen LogP) is 1.44. The van der Waals surface area contributed by atoms with Crippen LogP contribution in [0.25, 0.3) is 0 Å². The Labute approximate surface area is 37.8 Å². The number of hydrogen-bond donors (Lipinski definition) is 0. The van der Waals surface area contributed by atoms with Crippen molar-refractivity contribution < 1.29 is 0 Å². The lowest BCUT2D eigenvalue weighted by Gasteiger charge is -1.68. The van der Waals surface area contributed by atoms with Gasteiger partial charge in [-0.2, -0.15) is 0 Å². The molecule has 1 aliphatic heterocycles. The molecule has 2 heteroatoms. The molecule has 28 valence electrons. The van der Waals surface area contributed by atoms with Gasteiger partial charge < -0.3 is 0 Å². The van der Waals surface area contributed by atoms with Crippen molar-refractivity contribution in [3.8, 4) is 0 Å². The molecule has 0 radical (unpaired) electrons. The van der Waals surface area contributed by atoms with Crippen LogP contribution in [0.4, 0.5) is 0 Å². The molecule has 1 heterocycles. The van der Waals surface area contributed by atoms with E-state index >= 15 is 0 Å². The summed E-state index contributed by atoms with van der Waals surface area (Å²) in [6.45, 7) is 0. The fourth-order valence-electron chi connectivity index (χ4n) is 0.264. The molecule has 0 aromatic heterocycles. The lowest BCUT2D eigenvalue weighted by molar-refractivity contribution is 1.58. The van der Waals surface area contributed by atoms with Crippen molar-refractivity contribution in [3.63, 3.8) is 0 Å². The van der Waals surface area contributed by atoms with E-state index in [-0.39, 0.29) is 0 Å². The zero-order valence-corrected chi connectivity index (χ0v) is 4.56. The normalized spacial score (nSPS) is 24.0. The van der Waals surface area contributed by atoms with E-state index < -0.39 is 0 Å². The molecule has 0 bridgehead atoms. The Balaban J connectivity index is 2.32. The van der Waals surface area contributed by atoms with Crippen LogP contribution >= 0.6 is 20.0 Å². The third-order valence-corrected chi connectivity index (χ3v) is 2.90. The minimum absolute atomic E-state index is 1.35. The number of thioether (sulfide) groups is 1. The topological polar surface area (TPSA) is 0 Å². The lowest BCUT2D eigenvalue weighted by atomic mass is 11.0. The van der Waals surface area contributed by atoms with E-state index in [0.717, 1.165) is 0 Å². The Kier molecular flexibility index (Phi) is 1.36. The maximum absolute atomic E-state index is 2.25. The largest absolute Gasteiger partial charge is 0.129 e. The molecule has 0 atom stereocenters. The minimum Gasteiger partial charge on any atom is -0.129 e. The van der Waals surface area contributed by atoms with Crippen molar-refractivity contribution in [2.45, 2.75) is 0 Å². The van der Waals surface area contributed by atoms with E-state index in [1.54, 1.807) is 0 Å². The van der Waals surface area contributed by atoms with E-state index in [4.69, 9.17) is 0 Å². The Morgan fingerprint density at radius 3 is 3.00 bits per heavy atom. The second-order valence-electron chi connectivity index (χ2n) is 0.882. The van der Waals surface area contributed by atoms with Crippen molar-refractivity contribution >= 4 is 25.1 Å². The maximum atomic E-state index is 2.25. The summed E-state index contributed by atoms with van der Waals surface area (Å²) in [5, 5.41) is 2.25. The van der Waals surface area contributed by atoms with Crippen molar-refractivity contribution in [1.29, 1.82) is 0 Å². The summed E-state index contributed by atoms with van der Waals surface area (Å²) in [7, 11) is 1.53. The van der Waals surface area contributed by atoms with Crippen LogP contribution in [0.2, 0.25) is 0 Å². The van der Waals surface area contributed by atoms with E-state index in [1.807, 2.05) is 11.8 Å². The molecular weight excluding hydrogens is 99.1 g/mol. The average molecular weight is 104 g/mol. The zero-order valence-electron chi connectivity index (χ0n) is 2.85. The van der Waals surface area contributed by atoms with Gasteiger partial charge in [0.25, 0.3) is 0 Å². The van der Waals surface area contributed by atoms with Gasteiger partial charge in [-0.15, -0.1) is 11.8 Å². The van der Waals surface area contributed by atoms with Crippen LogP contribution < -0.4 is 0 Å². The lowest BCUT2D eigenvalue weighted by Crippen LogP contribution is -1.64. The van der Waals surface area contributed by atoms with Crippen molar-refractivity contribution in [2.24, 2.45) is 0 Å². The summed E-state index contributed by atoms with van der Waals surface area (Å²) in [5.41, 5.74) is 0. The average Bonchev–Trinajstić information content (AvgIpc) is 1.76. The van der Waals surface area contributed by atoms with E-state index in [9.17, 15) is 0 Å². The van der Waals surface area contributed by atoms with Crippen LogP contribution in [0.3, 0.4) is 0 Å². The van der Waals surface area contributed by atoms with E-state index in [2.05, 4.69) is 5.13 Å². The SMILES string of the molecule is C1=PCCS1. The molecule has 5 heavy (non-hydrogen) atoms. The molecule has 1 aliphatic rings. The molecule has 0 aromatic carbocycles. The second kappa shape index (κ2) is 1.84. The van der Waals surface area contributed by atoms with Gasteiger partial charge in [-0.25, -0.2) is 0 Å². The number of hydrogen-bond acceptors (Lipinski definition) is 1. The Morgan fingerprint density at radius 2 is 2.80 bits per heavy atom. The Morgan fingerprint density at radius 1 is 1.80 bits per heavy atom. The molecule has 0 aromatic rings. The van der Waals surface area contributed by atoms with Gasteiger partial charge in [0.15, 0.2) is 0 Å². The standard InChI is InChI=1S/C3H5PS/c1-2-5-3-4-1/h3H,1-2H2. The molecule has 0 spiro atoms. The number of rotatable bonds is 0. The summed E-state index contributed by atoms with van der Waals surface area (Å²) in [4.78, 5) is 0. The first-order valence-electron chi connectivity index (χ1n) is 1.60. The highest BCUT2D eigenvalue weighted by atomic mass is 32.2. The van der Waals surface area contributed by atoms with Crippen LogP contribution in [0, 0.1) is 0 Å². The molecule has 0 N–H and O–H groups in total. The molecule has 0 unspecified atom stereocenters. The van der Waals surface area contributed by atoms with Crippen LogP contribution in [0.5, 0.6) is 0 Å². The van der Waals surface area contributed by atoms with Crippen molar-refractivity contribution in [1.82, 2.24) is 0 Å². The van der Waals surface area contributed by atoms with Gasteiger partial charge in [0, 0.05) is 5.75 Å². The highest BCUT2D eigenvalue weighted by Crippen LogP contribution is 2.12. The minimum atomic E-state index is 1.35. The first kappa shape index (κ1) is 3.70. The highest BCUT2D eigenvalue weighted by molar-refractivity contribution is 8.17. The Bertz CT molecular complexity index is 44.9. The molecule has 0 fully saturated rings. The monoisotopic (exact) mass is 104 g/mol. The van der Waals surface area contributed by atoms with Gasteiger partial charge in [0.05, 0.1) is 0 Å². The van der Waals surface area contributed by atoms with Gasteiger partial charge in [0.1, 0.15) is 0 Å². The first-order chi connectivity index (χ1) is 2.50. The molecule has 0 saturated heterocycles. The van der Waals surface area contributed by atoms with Gasteiger partial charge >= 0.3 is 0 Å². The van der Waals surface area contributed by atoms with E-state index in [1.165, 1.54) is 20.1 Å². The molecule has 0 aliphatic carbocycles. The van der Waals surface area contributed by atoms with Crippen LogP contribution in [0.1, 0.15) is 0 Å². The van der Waals surface area contributed by atoms with Gasteiger partial charge in [-0.1, -0.05) is 8.20 Å². The fraction of sp³-hybridized carbons (Fsp3) is 0.667. The third kappa shape index (κ3) is 0.942. The molecule has 0 saturated carbocycles. The second-order valence-corrected chi connectivity index (χ2v) is 3.28. The van der Waals surface area contributed by atoms with Gasteiger partial charge in [-0.05, 0) is 11.3 Å².